The molecule has 1 rings (SSSR count). The van der Waals surface area contributed by atoms with E-state index in [1.165, 1.54) is 32.4 Å². The molecule has 1 fully saturated rings. The van der Waals surface area contributed by atoms with Crippen molar-refractivity contribution in [2.24, 2.45) is 0 Å². The molecule has 1 saturated heterocycles. The summed E-state index contributed by atoms with van der Waals surface area (Å²) in [7, 11) is -2.94. The van der Waals surface area contributed by atoms with Crippen molar-refractivity contribution < 1.29 is 0 Å². The van der Waals surface area contributed by atoms with Crippen molar-refractivity contribution in [3.63, 3.8) is 0 Å². The Bertz CT molecular complexity index is 291. The zero-order valence-electron chi connectivity index (χ0n) is 14.6. The first-order chi connectivity index (χ1) is 8.51. The molecule has 0 radical (unpaired) electrons. The molecule has 0 bridgehead atoms. The third kappa shape index (κ3) is 3.93. The number of piperidine rings is 1. The van der Waals surface area contributed by atoms with Gasteiger partial charge >= 0.3 is 0 Å². The lowest BCUT2D eigenvalue weighted by Gasteiger charge is -2.51. The van der Waals surface area contributed by atoms with Gasteiger partial charge < -0.3 is 9.21 Å². The van der Waals surface area contributed by atoms with Crippen LogP contribution in [0.15, 0.2) is 0 Å². The van der Waals surface area contributed by atoms with Crippen LogP contribution in [0.1, 0.15) is 53.9 Å². The van der Waals surface area contributed by atoms with E-state index < -0.39 is 16.6 Å². The van der Waals surface area contributed by atoms with Gasteiger partial charge in [0.15, 0.2) is 8.40 Å². The van der Waals surface area contributed by atoms with Crippen molar-refractivity contribution in [2.75, 3.05) is 13.1 Å². The third-order valence-corrected chi connectivity index (χ3v) is 17.4. The summed E-state index contributed by atoms with van der Waals surface area (Å²) < 4.78 is 7.08. The Morgan fingerprint density at radius 2 is 1.42 bits per heavy atom. The molecule has 114 valence electrons. The molecule has 1 atom stereocenters. The summed E-state index contributed by atoms with van der Waals surface area (Å²) in [5.41, 5.74) is 0.782. The van der Waals surface area contributed by atoms with Gasteiger partial charge in [-0.15, -0.1) is 0 Å². The minimum absolute atomic E-state index is 0.418. The van der Waals surface area contributed by atoms with E-state index in [0.717, 1.165) is 5.54 Å². The molecule has 19 heavy (non-hydrogen) atoms. The summed E-state index contributed by atoms with van der Waals surface area (Å²) in [6.45, 7) is 22.4. The number of hydrogen-bond acceptors (Lipinski definition) is 2. The van der Waals surface area contributed by atoms with Crippen LogP contribution in [0.3, 0.4) is 0 Å². The number of nitrogens with zero attached hydrogens (tertiary/aromatic N) is 1. The van der Waals surface area contributed by atoms with E-state index in [-0.39, 0.29) is 0 Å². The molecule has 4 heteroatoms. The Kier molecular flexibility index (Phi) is 5.50. The number of rotatable bonds is 4. The van der Waals surface area contributed by atoms with Crippen LogP contribution in [0, 0.1) is 0 Å². The second kappa shape index (κ2) is 6.00. The van der Waals surface area contributed by atoms with Crippen LogP contribution >= 0.6 is 0 Å². The Hall–Kier alpha value is 0.354. The lowest BCUT2D eigenvalue weighted by atomic mass is 10.2. The quantitative estimate of drug-likeness (QED) is 0.766. The monoisotopic (exact) mass is 300 g/mol. The zero-order chi connectivity index (χ0) is 14.9. The summed E-state index contributed by atoms with van der Waals surface area (Å²) in [5, 5.41) is 0.418. The van der Waals surface area contributed by atoms with Crippen LogP contribution < -0.4 is 4.65 Å². The smallest absolute Gasteiger partial charge is 0.191 e. The van der Waals surface area contributed by atoms with E-state index in [9.17, 15) is 0 Å². The van der Waals surface area contributed by atoms with E-state index in [4.69, 9.17) is 0 Å². The second-order valence-electron chi connectivity index (χ2n) is 8.34. The molecule has 0 aromatic rings. The number of hydrogen-bond donors (Lipinski definition) is 1. The van der Waals surface area contributed by atoms with E-state index in [1.807, 2.05) is 0 Å². The summed E-state index contributed by atoms with van der Waals surface area (Å²) in [4.78, 5) is 0. The molecule has 0 aromatic heterocycles. The molecule has 0 amide bonds. The summed E-state index contributed by atoms with van der Waals surface area (Å²) >= 11 is 0. The van der Waals surface area contributed by atoms with Crippen LogP contribution in [0.2, 0.25) is 30.2 Å². The highest BCUT2D eigenvalue weighted by Crippen LogP contribution is 2.42. The fraction of sp³-hybridized carbons (Fsp3) is 1.00. The maximum atomic E-state index is 4.28. The molecule has 1 aliphatic heterocycles. The topological polar surface area (TPSA) is 15.3 Å². The average Bonchev–Trinajstić information content (AvgIpc) is 2.28. The summed E-state index contributed by atoms with van der Waals surface area (Å²) in [5.74, 6) is 0. The predicted molar refractivity (Wildman–Crippen MR) is 92.5 cm³/mol. The predicted octanol–water partition coefficient (Wildman–Crippen LogP) is 4.55. The van der Waals surface area contributed by atoms with Gasteiger partial charge in [0.05, 0.1) is 0 Å². The van der Waals surface area contributed by atoms with Crippen LogP contribution in [-0.2, 0) is 0 Å². The van der Waals surface area contributed by atoms with Crippen LogP contribution in [0.4, 0.5) is 0 Å². The molecule has 1 aliphatic rings. The van der Waals surface area contributed by atoms with E-state index in [0.29, 0.717) is 5.04 Å². The van der Waals surface area contributed by atoms with Gasteiger partial charge in [-0.1, -0.05) is 47.6 Å². The van der Waals surface area contributed by atoms with Gasteiger partial charge in [-0.2, -0.15) is 0 Å². The largest absolute Gasteiger partial charge is 0.347 e. The highest BCUT2D eigenvalue weighted by atomic mass is 28.4. The molecule has 1 N–H and O–H groups in total. The van der Waals surface area contributed by atoms with Crippen molar-refractivity contribution in [2.45, 2.75) is 84.1 Å². The van der Waals surface area contributed by atoms with Gasteiger partial charge in [-0.05, 0) is 49.6 Å². The average molecular weight is 301 g/mol. The maximum Gasteiger partial charge on any atom is 0.191 e. The van der Waals surface area contributed by atoms with Crippen molar-refractivity contribution in [3.8, 4) is 0 Å². The zero-order valence-corrected chi connectivity index (χ0v) is 16.6. The van der Waals surface area contributed by atoms with Gasteiger partial charge in [-0.3, -0.25) is 0 Å². The Morgan fingerprint density at radius 1 is 0.947 bits per heavy atom. The standard InChI is InChI=1S/C15H36N2Si2/c1-14(2)19(8,15(3,4)5)16-18(6,7)17-12-10-9-11-13-17/h14,16H,9-13H2,1-8H3. The van der Waals surface area contributed by atoms with Gasteiger partial charge in [-0.25, -0.2) is 0 Å². The SMILES string of the molecule is CC(C)[Si](C)(N[Si](C)(C)N1CCCCC1)C(C)(C)C. The lowest BCUT2D eigenvalue weighted by molar-refractivity contribution is 0.340. The third-order valence-electron chi connectivity index (χ3n) is 5.42. The molecule has 2 nitrogen and oxygen atoms in total. The molecule has 0 aliphatic carbocycles. The Labute approximate surface area is 123 Å². The summed E-state index contributed by atoms with van der Waals surface area (Å²) in [6.07, 6.45) is 4.22. The Morgan fingerprint density at radius 3 is 1.79 bits per heavy atom. The van der Waals surface area contributed by atoms with Gasteiger partial charge in [0.1, 0.15) is 8.24 Å². The van der Waals surface area contributed by atoms with Gasteiger partial charge in [0.25, 0.3) is 0 Å². The first-order valence-electron chi connectivity index (χ1n) is 8.05. The molecule has 0 saturated carbocycles. The van der Waals surface area contributed by atoms with Crippen LogP contribution in [-0.4, -0.2) is 34.3 Å². The van der Waals surface area contributed by atoms with E-state index >= 15 is 0 Å². The van der Waals surface area contributed by atoms with Crippen LogP contribution in [0.5, 0.6) is 0 Å². The molecule has 1 unspecified atom stereocenters. The first-order valence-corrected chi connectivity index (χ1v) is 13.6. The van der Waals surface area contributed by atoms with Gasteiger partial charge in [0.2, 0.25) is 0 Å². The van der Waals surface area contributed by atoms with Crippen molar-refractivity contribution in [1.82, 2.24) is 9.21 Å². The second-order valence-corrected chi connectivity index (χ2v) is 18.1. The van der Waals surface area contributed by atoms with Gasteiger partial charge in [0, 0.05) is 0 Å². The maximum absolute atomic E-state index is 4.28. The normalized spacial score (nSPS) is 22.6. The fourth-order valence-electron chi connectivity index (χ4n) is 3.37. The highest BCUT2D eigenvalue weighted by molar-refractivity contribution is 6.92. The highest BCUT2D eigenvalue weighted by Gasteiger charge is 2.47. The Balaban J connectivity index is 2.89. The molecular weight excluding hydrogens is 264 g/mol. The van der Waals surface area contributed by atoms with Crippen molar-refractivity contribution in [1.29, 1.82) is 0 Å². The minimum Gasteiger partial charge on any atom is -0.347 e. The molecule has 0 spiro atoms. The van der Waals surface area contributed by atoms with Crippen LogP contribution in [0.25, 0.3) is 0 Å². The van der Waals surface area contributed by atoms with E-state index in [1.54, 1.807) is 0 Å². The molecular formula is C15H36N2Si2. The first kappa shape index (κ1) is 17.4. The van der Waals surface area contributed by atoms with Crippen molar-refractivity contribution in [3.05, 3.63) is 0 Å². The summed E-state index contributed by atoms with van der Waals surface area (Å²) in [6, 6.07) is 0. The lowest BCUT2D eigenvalue weighted by Crippen LogP contribution is -2.72. The fourth-order valence-corrected chi connectivity index (χ4v) is 14.9. The number of nitrogens with one attached hydrogen (secondary N) is 1. The molecule has 0 aromatic carbocycles. The van der Waals surface area contributed by atoms with E-state index in [2.05, 4.69) is 63.5 Å². The molecule has 1 heterocycles. The minimum atomic E-state index is -1.48. The van der Waals surface area contributed by atoms with Crippen molar-refractivity contribution >= 4 is 16.6 Å².